The summed E-state index contributed by atoms with van der Waals surface area (Å²) in [6.07, 6.45) is 5.36. The van der Waals surface area contributed by atoms with E-state index in [1.807, 2.05) is 4.90 Å². The molecule has 1 aromatic carbocycles. The predicted molar refractivity (Wildman–Crippen MR) is 90.5 cm³/mol. The Morgan fingerprint density at radius 3 is 1.92 bits per heavy atom. The van der Waals surface area contributed by atoms with Crippen molar-refractivity contribution in [1.82, 2.24) is 9.80 Å². The maximum absolute atomic E-state index is 12.6. The Labute approximate surface area is 146 Å². The van der Waals surface area contributed by atoms with E-state index in [0.717, 1.165) is 37.8 Å². The SMILES string of the molecule is O=C(c1cc(O)c(O)c(O)c1)N1CCN(C(=O)C2CCCCC2)CC1. The minimum atomic E-state index is -0.639. The molecule has 3 rings (SSSR count). The van der Waals surface area contributed by atoms with Crippen molar-refractivity contribution in [2.24, 2.45) is 5.92 Å². The molecular formula is C18H24N2O5. The van der Waals surface area contributed by atoms with Gasteiger partial charge in [0.1, 0.15) is 0 Å². The van der Waals surface area contributed by atoms with Crippen molar-refractivity contribution in [3.05, 3.63) is 17.7 Å². The fourth-order valence-corrected chi connectivity index (χ4v) is 3.65. The number of rotatable bonds is 2. The fourth-order valence-electron chi connectivity index (χ4n) is 3.65. The molecule has 3 N–H and O–H groups in total. The van der Waals surface area contributed by atoms with Gasteiger partial charge in [0.05, 0.1) is 0 Å². The number of phenols is 3. The van der Waals surface area contributed by atoms with Crippen LogP contribution in [0, 0.1) is 5.92 Å². The highest BCUT2D eigenvalue weighted by Gasteiger charge is 2.30. The summed E-state index contributed by atoms with van der Waals surface area (Å²) in [5.74, 6) is -1.72. The summed E-state index contributed by atoms with van der Waals surface area (Å²) in [7, 11) is 0. The second-order valence-corrected chi connectivity index (χ2v) is 6.82. The summed E-state index contributed by atoms with van der Waals surface area (Å²) < 4.78 is 0. The van der Waals surface area contributed by atoms with Crippen LogP contribution in [0.25, 0.3) is 0 Å². The van der Waals surface area contributed by atoms with Crippen molar-refractivity contribution in [2.75, 3.05) is 26.2 Å². The van der Waals surface area contributed by atoms with Gasteiger partial charge in [0.25, 0.3) is 5.91 Å². The molecule has 1 aromatic rings. The van der Waals surface area contributed by atoms with Crippen molar-refractivity contribution in [1.29, 1.82) is 0 Å². The number of carbonyl (C=O) groups excluding carboxylic acids is 2. The summed E-state index contributed by atoms with van der Waals surface area (Å²) in [6, 6.07) is 2.27. The van der Waals surface area contributed by atoms with Gasteiger partial charge in [0, 0.05) is 37.7 Å². The lowest BCUT2D eigenvalue weighted by Crippen LogP contribution is -2.52. The zero-order chi connectivity index (χ0) is 18.0. The molecule has 1 saturated carbocycles. The second kappa shape index (κ2) is 7.21. The van der Waals surface area contributed by atoms with Gasteiger partial charge in [0.15, 0.2) is 17.2 Å². The molecule has 0 bridgehead atoms. The maximum atomic E-state index is 12.6. The fraction of sp³-hybridized carbons (Fsp3) is 0.556. The Morgan fingerprint density at radius 2 is 1.36 bits per heavy atom. The van der Waals surface area contributed by atoms with E-state index in [4.69, 9.17) is 0 Å². The Bertz CT molecular complexity index is 638. The topological polar surface area (TPSA) is 101 Å². The van der Waals surface area contributed by atoms with Crippen molar-refractivity contribution in [3.63, 3.8) is 0 Å². The molecule has 1 saturated heterocycles. The summed E-state index contributed by atoms with van der Waals surface area (Å²) in [4.78, 5) is 28.5. The molecule has 0 unspecified atom stereocenters. The van der Waals surface area contributed by atoms with Gasteiger partial charge in [-0.1, -0.05) is 19.3 Å². The van der Waals surface area contributed by atoms with Crippen LogP contribution in [0.4, 0.5) is 0 Å². The molecule has 7 heteroatoms. The van der Waals surface area contributed by atoms with Gasteiger partial charge >= 0.3 is 0 Å². The number of piperazine rings is 1. The van der Waals surface area contributed by atoms with E-state index in [0.29, 0.717) is 26.2 Å². The van der Waals surface area contributed by atoms with Crippen LogP contribution in [0.3, 0.4) is 0 Å². The van der Waals surface area contributed by atoms with E-state index < -0.39 is 17.2 Å². The zero-order valence-corrected chi connectivity index (χ0v) is 14.1. The van der Waals surface area contributed by atoms with E-state index in [1.54, 1.807) is 4.90 Å². The molecule has 136 valence electrons. The lowest BCUT2D eigenvalue weighted by Gasteiger charge is -2.37. The summed E-state index contributed by atoms with van der Waals surface area (Å²) in [5, 5.41) is 28.5. The van der Waals surface area contributed by atoms with Crippen molar-refractivity contribution >= 4 is 11.8 Å². The summed E-state index contributed by atoms with van der Waals surface area (Å²) >= 11 is 0. The van der Waals surface area contributed by atoms with E-state index in [2.05, 4.69) is 0 Å². The molecule has 0 spiro atoms. The first-order chi connectivity index (χ1) is 12.0. The highest BCUT2D eigenvalue weighted by molar-refractivity contribution is 5.95. The Morgan fingerprint density at radius 1 is 0.840 bits per heavy atom. The molecular weight excluding hydrogens is 324 g/mol. The van der Waals surface area contributed by atoms with E-state index >= 15 is 0 Å². The van der Waals surface area contributed by atoms with Crippen LogP contribution in [0.2, 0.25) is 0 Å². The third-order valence-electron chi connectivity index (χ3n) is 5.15. The zero-order valence-electron chi connectivity index (χ0n) is 14.1. The number of aromatic hydroxyl groups is 3. The minimum absolute atomic E-state index is 0.111. The average molecular weight is 348 g/mol. The number of amides is 2. The van der Waals surface area contributed by atoms with Crippen LogP contribution < -0.4 is 0 Å². The largest absolute Gasteiger partial charge is 0.504 e. The van der Waals surface area contributed by atoms with Crippen LogP contribution in [-0.2, 0) is 4.79 Å². The molecule has 1 aliphatic carbocycles. The van der Waals surface area contributed by atoms with Gasteiger partial charge in [-0.2, -0.15) is 0 Å². The normalized spacial score (nSPS) is 19.0. The number of phenolic OH excluding ortho intramolecular Hbond substituents is 3. The molecule has 2 aliphatic rings. The van der Waals surface area contributed by atoms with E-state index in [-0.39, 0.29) is 23.3 Å². The number of nitrogens with zero attached hydrogens (tertiary/aromatic N) is 2. The molecule has 1 heterocycles. The van der Waals surface area contributed by atoms with Gasteiger partial charge in [-0.15, -0.1) is 0 Å². The van der Waals surface area contributed by atoms with Gasteiger partial charge in [-0.05, 0) is 25.0 Å². The minimum Gasteiger partial charge on any atom is -0.504 e. The Balaban J connectivity index is 1.60. The van der Waals surface area contributed by atoms with Crippen LogP contribution >= 0.6 is 0 Å². The Kier molecular flexibility index (Phi) is 5.01. The second-order valence-electron chi connectivity index (χ2n) is 6.82. The monoisotopic (exact) mass is 348 g/mol. The molecule has 0 radical (unpaired) electrons. The lowest BCUT2D eigenvalue weighted by atomic mass is 9.88. The van der Waals surface area contributed by atoms with Crippen molar-refractivity contribution in [3.8, 4) is 17.2 Å². The third kappa shape index (κ3) is 3.65. The highest BCUT2D eigenvalue weighted by atomic mass is 16.3. The number of benzene rings is 1. The molecule has 7 nitrogen and oxygen atoms in total. The predicted octanol–water partition coefficient (Wildman–Crippen LogP) is 1.67. The molecule has 2 fully saturated rings. The van der Waals surface area contributed by atoms with E-state index in [1.165, 1.54) is 6.42 Å². The van der Waals surface area contributed by atoms with Gasteiger partial charge in [0.2, 0.25) is 5.91 Å². The average Bonchev–Trinajstić information content (AvgIpc) is 2.65. The lowest BCUT2D eigenvalue weighted by molar-refractivity contribution is -0.138. The standard InChI is InChI=1S/C18H24N2O5/c21-14-10-13(11-15(22)16(14)23)18(25)20-8-6-19(7-9-20)17(24)12-4-2-1-3-5-12/h10-12,21-23H,1-9H2. The molecule has 1 aliphatic heterocycles. The van der Waals surface area contributed by atoms with Crippen LogP contribution in [0.5, 0.6) is 17.2 Å². The summed E-state index contributed by atoms with van der Waals surface area (Å²) in [5.41, 5.74) is 0.111. The van der Waals surface area contributed by atoms with Crippen LogP contribution in [-0.4, -0.2) is 63.1 Å². The number of hydrogen-bond donors (Lipinski definition) is 3. The quantitative estimate of drug-likeness (QED) is 0.706. The third-order valence-corrected chi connectivity index (χ3v) is 5.15. The molecule has 0 atom stereocenters. The molecule has 0 aromatic heterocycles. The molecule has 25 heavy (non-hydrogen) atoms. The first kappa shape index (κ1) is 17.4. The number of hydrogen-bond acceptors (Lipinski definition) is 5. The van der Waals surface area contributed by atoms with Gasteiger partial charge in [-0.25, -0.2) is 0 Å². The van der Waals surface area contributed by atoms with Gasteiger partial charge < -0.3 is 25.1 Å². The first-order valence-electron chi connectivity index (χ1n) is 8.80. The van der Waals surface area contributed by atoms with Crippen molar-refractivity contribution < 1.29 is 24.9 Å². The van der Waals surface area contributed by atoms with Crippen LogP contribution in [0.1, 0.15) is 42.5 Å². The van der Waals surface area contributed by atoms with Gasteiger partial charge in [-0.3, -0.25) is 9.59 Å². The van der Waals surface area contributed by atoms with Crippen molar-refractivity contribution in [2.45, 2.75) is 32.1 Å². The van der Waals surface area contributed by atoms with E-state index in [9.17, 15) is 24.9 Å². The molecule has 2 amide bonds. The first-order valence-corrected chi connectivity index (χ1v) is 8.80. The van der Waals surface area contributed by atoms with Crippen LogP contribution in [0.15, 0.2) is 12.1 Å². The highest BCUT2D eigenvalue weighted by Crippen LogP contribution is 2.35. The maximum Gasteiger partial charge on any atom is 0.254 e. The summed E-state index contributed by atoms with van der Waals surface area (Å²) in [6.45, 7) is 1.83. The Hall–Kier alpha value is -2.44. The number of carbonyl (C=O) groups is 2. The smallest absolute Gasteiger partial charge is 0.254 e.